The number of carbonyl (C=O) groups excluding carboxylic acids is 3. The Bertz CT molecular complexity index is 605. The Balaban J connectivity index is 2.11. The lowest BCUT2D eigenvalue weighted by atomic mass is 9.74. The summed E-state index contributed by atoms with van der Waals surface area (Å²) < 4.78 is 10.7. The van der Waals surface area contributed by atoms with E-state index >= 15 is 0 Å². The molecule has 0 unspecified atom stereocenters. The van der Waals surface area contributed by atoms with Gasteiger partial charge in [0.05, 0.1) is 19.6 Å². The summed E-state index contributed by atoms with van der Waals surface area (Å²) in [5.41, 5.74) is 0.792. The summed E-state index contributed by atoms with van der Waals surface area (Å²) in [5.74, 6) is -1.61. The maximum Gasteiger partial charge on any atom is 0.317 e. The Labute approximate surface area is 148 Å². The number of benzene rings is 1. The number of unbranched alkanes of at least 4 members (excludes halogenated alkanes) is 2. The fourth-order valence-corrected chi connectivity index (χ4v) is 3.16. The van der Waals surface area contributed by atoms with E-state index < -0.39 is 17.8 Å². The van der Waals surface area contributed by atoms with Crippen molar-refractivity contribution >= 4 is 17.5 Å². The van der Waals surface area contributed by atoms with E-state index in [9.17, 15) is 14.4 Å². The first-order valence-corrected chi connectivity index (χ1v) is 9.00. The molecule has 0 N–H and O–H groups in total. The summed E-state index contributed by atoms with van der Waals surface area (Å²) in [6.07, 6.45) is 3.28. The molecule has 25 heavy (non-hydrogen) atoms. The maximum atomic E-state index is 12.2. The number of hydrogen-bond acceptors (Lipinski definition) is 5. The van der Waals surface area contributed by atoms with Gasteiger partial charge >= 0.3 is 5.97 Å². The molecule has 0 amide bonds. The number of Topliss-reactive ketones (excluding diaryl/α,β-unsaturated/α-hetero) is 2. The lowest BCUT2D eigenvalue weighted by Gasteiger charge is -2.28. The second kappa shape index (κ2) is 9.35. The van der Waals surface area contributed by atoms with E-state index in [1.54, 1.807) is 6.92 Å². The summed E-state index contributed by atoms with van der Waals surface area (Å²) in [6, 6.07) is 7.32. The first kappa shape index (κ1) is 19.2. The normalized spacial score (nSPS) is 20.4. The van der Waals surface area contributed by atoms with Crippen LogP contribution in [0.1, 0.15) is 57.4 Å². The zero-order valence-corrected chi connectivity index (χ0v) is 15.0. The third-order valence-electron chi connectivity index (χ3n) is 4.43. The van der Waals surface area contributed by atoms with Gasteiger partial charge in [-0.1, -0.05) is 31.9 Å². The summed E-state index contributed by atoms with van der Waals surface area (Å²) in [5, 5.41) is 0. The van der Waals surface area contributed by atoms with Crippen LogP contribution in [0.5, 0.6) is 5.75 Å². The molecule has 1 aromatic rings. The van der Waals surface area contributed by atoms with E-state index in [1.807, 2.05) is 24.3 Å². The first-order valence-electron chi connectivity index (χ1n) is 9.00. The third kappa shape index (κ3) is 5.15. The molecule has 136 valence electrons. The van der Waals surface area contributed by atoms with Gasteiger partial charge < -0.3 is 9.47 Å². The minimum atomic E-state index is -0.894. The van der Waals surface area contributed by atoms with Gasteiger partial charge in [-0.05, 0) is 31.0 Å². The molecule has 1 aliphatic carbocycles. The van der Waals surface area contributed by atoms with Gasteiger partial charge in [-0.2, -0.15) is 0 Å². The SMILES string of the molecule is CCCCCOc1ccc([C@@H]2CC(=O)CC(=O)[C@H]2C(=O)OCC)cc1. The zero-order chi connectivity index (χ0) is 18.2. The average molecular weight is 346 g/mol. The first-order chi connectivity index (χ1) is 12.1. The molecule has 0 heterocycles. The van der Waals surface area contributed by atoms with Crippen LogP contribution < -0.4 is 4.74 Å². The molecule has 2 rings (SSSR count). The van der Waals surface area contributed by atoms with Crippen molar-refractivity contribution in [2.75, 3.05) is 13.2 Å². The standard InChI is InChI=1S/C20H26O5/c1-3-5-6-11-25-16-9-7-14(8-10-16)17-12-15(21)13-18(22)19(17)20(23)24-4-2/h7-10,17,19H,3-6,11-13H2,1-2H3/t17-,19-/m0/s1. The second-order valence-corrected chi connectivity index (χ2v) is 6.35. The van der Waals surface area contributed by atoms with Crippen LogP contribution in [0.3, 0.4) is 0 Å². The molecule has 1 aromatic carbocycles. The van der Waals surface area contributed by atoms with Gasteiger partial charge in [-0.15, -0.1) is 0 Å². The van der Waals surface area contributed by atoms with Crippen molar-refractivity contribution in [2.45, 2.75) is 51.9 Å². The van der Waals surface area contributed by atoms with E-state index in [1.165, 1.54) is 0 Å². The van der Waals surface area contributed by atoms with E-state index in [2.05, 4.69) is 6.92 Å². The molecule has 1 saturated carbocycles. The monoisotopic (exact) mass is 346 g/mol. The highest BCUT2D eigenvalue weighted by molar-refractivity contribution is 6.11. The number of carbonyl (C=O) groups is 3. The predicted molar refractivity (Wildman–Crippen MR) is 93.6 cm³/mol. The minimum Gasteiger partial charge on any atom is -0.494 e. The smallest absolute Gasteiger partial charge is 0.317 e. The highest BCUT2D eigenvalue weighted by Crippen LogP contribution is 2.36. The molecular formula is C20H26O5. The van der Waals surface area contributed by atoms with Gasteiger partial charge in [-0.25, -0.2) is 0 Å². The number of ether oxygens (including phenoxy) is 2. The molecule has 0 bridgehead atoms. The van der Waals surface area contributed by atoms with Crippen molar-refractivity contribution in [1.82, 2.24) is 0 Å². The summed E-state index contributed by atoms with van der Waals surface area (Å²) >= 11 is 0. The van der Waals surface area contributed by atoms with Crippen molar-refractivity contribution in [1.29, 1.82) is 0 Å². The lowest BCUT2D eigenvalue weighted by Crippen LogP contribution is -2.38. The Morgan fingerprint density at radius 2 is 1.84 bits per heavy atom. The summed E-state index contributed by atoms with van der Waals surface area (Å²) in [7, 11) is 0. The number of ketones is 2. The minimum absolute atomic E-state index is 0.129. The molecular weight excluding hydrogens is 320 g/mol. The largest absolute Gasteiger partial charge is 0.494 e. The van der Waals surface area contributed by atoms with Crippen molar-refractivity contribution < 1.29 is 23.9 Å². The van der Waals surface area contributed by atoms with E-state index in [4.69, 9.17) is 9.47 Å². The van der Waals surface area contributed by atoms with E-state index in [0.29, 0.717) is 6.61 Å². The quantitative estimate of drug-likeness (QED) is 0.410. The Morgan fingerprint density at radius 3 is 2.48 bits per heavy atom. The van der Waals surface area contributed by atoms with Crippen LogP contribution in [0.25, 0.3) is 0 Å². The highest BCUT2D eigenvalue weighted by atomic mass is 16.5. The van der Waals surface area contributed by atoms with Gasteiger partial charge in [0.2, 0.25) is 0 Å². The van der Waals surface area contributed by atoms with Crippen molar-refractivity contribution in [2.24, 2.45) is 5.92 Å². The Hall–Kier alpha value is -2.17. The average Bonchev–Trinajstić information content (AvgIpc) is 2.59. The topological polar surface area (TPSA) is 69.7 Å². The van der Waals surface area contributed by atoms with Gasteiger partial charge in [0, 0.05) is 12.3 Å². The molecule has 0 radical (unpaired) electrons. The summed E-state index contributed by atoms with van der Waals surface area (Å²) in [4.78, 5) is 36.3. The number of rotatable bonds is 8. The van der Waals surface area contributed by atoms with Crippen LogP contribution in [0.4, 0.5) is 0 Å². The molecule has 0 spiro atoms. The molecule has 0 aliphatic heterocycles. The van der Waals surface area contributed by atoms with E-state index in [-0.39, 0.29) is 31.0 Å². The lowest BCUT2D eigenvalue weighted by molar-refractivity contribution is -0.154. The fraction of sp³-hybridized carbons (Fsp3) is 0.550. The van der Waals surface area contributed by atoms with E-state index in [0.717, 1.165) is 30.6 Å². The van der Waals surface area contributed by atoms with Crippen molar-refractivity contribution in [3.63, 3.8) is 0 Å². The van der Waals surface area contributed by atoms with Crippen LogP contribution in [-0.4, -0.2) is 30.7 Å². The van der Waals surface area contributed by atoms with Crippen LogP contribution in [0.15, 0.2) is 24.3 Å². The summed E-state index contributed by atoms with van der Waals surface area (Å²) in [6.45, 7) is 4.73. The van der Waals surface area contributed by atoms with Crippen LogP contribution in [0.2, 0.25) is 0 Å². The second-order valence-electron chi connectivity index (χ2n) is 6.35. The molecule has 1 fully saturated rings. The third-order valence-corrected chi connectivity index (χ3v) is 4.43. The van der Waals surface area contributed by atoms with Crippen LogP contribution >= 0.6 is 0 Å². The van der Waals surface area contributed by atoms with Crippen LogP contribution in [-0.2, 0) is 19.1 Å². The van der Waals surface area contributed by atoms with Gasteiger partial charge in [0.1, 0.15) is 17.5 Å². The number of esters is 1. The predicted octanol–water partition coefficient (Wildman–Crippen LogP) is 3.45. The van der Waals surface area contributed by atoms with Crippen LogP contribution in [0, 0.1) is 5.92 Å². The highest BCUT2D eigenvalue weighted by Gasteiger charge is 2.42. The molecule has 2 atom stereocenters. The Kier molecular flexibility index (Phi) is 7.16. The molecule has 5 heteroatoms. The maximum absolute atomic E-state index is 12.2. The molecule has 5 nitrogen and oxygen atoms in total. The molecule has 1 aliphatic rings. The Morgan fingerprint density at radius 1 is 1.12 bits per heavy atom. The zero-order valence-electron chi connectivity index (χ0n) is 15.0. The fourth-order valence-electron chi connectivity index (χ4n) is 3.16. The molecule has 0 aromatic heterocycles. The van der Waals surface area contributed by atoms with Crippen molar-refractivity contribution in [3.05, 3.63) is 29.8 Å². The molecule has 0 saturated heterocycles. The number of hydrogen-bond donors (Lipinski definition) is 0. The van der Waals surface area contributed by atoms with Gasteiger partial charge in [0.15, 0.2) is 5.78 Å². The van der Waals surface area contributed by atoms with Gasteiger partial charge in [0.25, 0.3) is 0 Å². The van der Waals surface area contributed by atoms with Crippen molar-refractivity contribution in [3.8, 4) is 5.75 Å². The van der Waals surface area contributed by atoms with Gasteiger partial charge in [-0.3, -0.25) is 14.4 Å².